The number of carbonyl (C=O) groups excluding carboxylic acids is 1. The molecule has 0 fully saturated rings. The van der Waals surface area contributed by atoms with Gasteiger partial charge in [0, 0.05) is 30.6 Å². The van der Waals surface area contributed by atoms with Gasteiger partial charge in [0.05, 0.1) is 11.4 Å². The van der Waals surface area contributed by atoms with Gasteiger partial charge in [-0.25, -0.2) is 13.4 Å². The number of nitrogens with zero attached hydrogens (tertiary/aromatic N) is 2. The summed E-state index contributed by atoms with van der Waals surface area (Å²) < 4.78 is 26.3. The quantitative estimate of drug-likeness (QED) is 0.708. The number of aryl methyl sites for hydroxylation is 2. The van der Waals surface area contributed by atoms with Gasteiger partial charge in [-0.3, -0.25) is 4.79 Å². The van der Waals surface area contributed by atoms with Crippen LogP contribution in [0.4, 0.5) is 0 Å². The van der Waals surface area contributed by atoms with Crippen molar-refractivity contribution in [3.05, 3.63) is 45.9 Å². The van der Waals surface area contributed by atoms with E-state index in [2.05, 4.69) is 10.3 Å². The lowest BCUT2D eigenvalue weighted by Gasteiger charge is -2.18. The van der Waals surface area contributed by atoms with Crippen molar-refractivity contribution in [2.45, 2.75) is 45.1 Å². The number of benzene rings is 1. The van der Waals surface area contributed by atoms with E-state index in [4.69, 9.17) is 0 Å². The van der Waals surface area contributed by atoms with Gasteiger partial charge >= 0.3 is 0 Å². The molecule has 6 nitrogen and oxygen atoms in total. The minimum absolute atomic E-state index is 0.0438. The molecule has 1 aromatic carbocycles. The Morgan fingerprint density at radius 2 is 1.85 bits per heavy atom. The molecule has 142 valence electrons. The summed E-state index contributed by atoms with van der Waals surface area (Å²) in [5, 5.41) is 5.70. The molecule has 1 aromatic heterocycles. The molecule has 2 rings (SSSR count). The van der Waals surface area contributed by atoms with Crippen LogP contribution in [0.1, 0.15) is 36.5 Å². The first kappa shape index (κ1) is 20.5. The second kappa shape index (κ2) is 9.25. The van der Waals surface area contributed by atoms with Gasteiger partial charge in [0.2, 0.25) is 15.9 Å². The largest absolute Gasteiger partial charge is 0.350 e. The number of hydrogen-bond donors (Lipinski definition) is 1. The molecule has 0 atom stereocenters. The van der Waals surface area contributed by atoms with Crippen molar-refractivity contribution >= 4 is 27.3 Å². The first-order valence-electron chi connectivity index (χ1n) is 8.63. The lowest BCUT2D eigenvalue weighted by molar-refractivity contribution is -0.121. The Balaban J connectivity index is 1.88. The number of sulfonamides is 1. The maximum atomic E-state index is 12.5. The summed E-state index contributed by atoms with van der Waals surface area (Å²) in [5.41, 5.74) is 1.89. The number of hydrogen-bond acceptors (Lipinski definition) is 5. The molecule has 0 radical (unpaired) electrons. The minimum atomic E-state index is -3.44. The summed E-state index contributed by atoms with van der Waals surface area (Å²) >= 11 is 1.53. The zero-order chi connectivity index (χ0) is 19.2. The van der Waals surface area contributed by atoms with Gasteiger partial charge in [0.25, 0.3) is 0 Å². The summed E-state index contributed by atoms with van der Waals surface area (Å²) in [6.45, 7) is 6.89. The second-order valence-electron chi connectivity index (χ2n) is 5.89. The van der Waals surface area contributed by atoms with Crippen molar-refractivity contribution in [1.82, 2.24) is 14.6 Å². The average Bonchev–Trinajstić information content (AvgIpc) is 3.04. The predicted octanol–water partition coefficient (Wildman–Crippen LogP) is 2.73. The van der Waals surface area contributed by atoms with Crippen molar-refractivity contribution in [2.24, 2.45) is 0 Å². The van der Waals surface area contributed by atoms with Crippen molar-refractivity contribution < 1.29 is 13.2 Å². The van der Waals surface area contributed by atoms with Gasteiger partial charge in [-0.1, -0.05) is 26.0 Å². The molecule has 8 heteroatoms. The van der Waals surface area contributed by atoms with E-state index in [0.29, 0.717) is 32.5 Å². The first-order valence-corrected chi connectivity index (χ1v) is 11.0. The topological polar surface area (TPSA) is 79.4 Å². The Morgan fingerprint density at radius 3 is 2.38 bits per heavy atom. The average molecular weight is 396 g/mol. The van der Waals surface area contributed by atoms with Crippen molar-refractivity contribution in [2.75, 3.05) is 13.1 Å². The Bertz CT molecular complexity index is 826. The molecular weight excluding hydrogens is 370 g/mol. The predicted molar refractivity (Wildman–Crippen MR) is 104 cm³/mol. The van der Waals surface area contributed by atoms with E-state index in [1.54, 1.807) is 24.3 Å². The monoisotopic (exact) mass is 395 g/mol. The van der Waals surface area contributed by atoms with Crippen LogP contribution in [0.15, 0.2) is 34.5 Å². The van der Waals surface area contributed by atoms with Crippen molar-refractivity contribution in [3.8, 4) is 0 Å². The summed E-state index contributed by atoms with van der Waals surface area (Å²) in [5.74, 6) is -0.0438. The SMILES string of the molecule is CCN(CC)S(=O)(=O)c1ccc(CCC(=O)NCc2nc(C)cs2)cc1. The summed E-state index contributed by atoms with van der Waals surface area (Å²) in [6.07, 6.45) is 0.917. The maximum absolute atomic E-state index is 12.5. The summed E-state index contributed by atoms with van der Waals surface area (Å²) in [6, 6.07) is 6.76. The third kappa shape index (κ3) is 5.36. The summed E-state index contributed by atoms with van der Waals surface area (Å²) in [7, 11) is -3.44. The van der Waals surface area contributed by atoms with Crippen LogP contribution in [0.5, 0.6) is 0 Å². The molecule has 0 saturated heterocycles. The maximum Gasteiger partial charge on any atom is 0.243 e. The number of nitrogens with one attached hydrogen (secondary N) is 1. The van der Waals surface area contributed by atoms with E-state index in [9.17, 15) is 13.2 Å². The van der Waals surface area contributed by atoms with E-state index in [-0.39, 0.29) is 10.8 Å². The highest BCUT2D eigenvalue weighted by molar-refractivity contribution is 7.89. The smallest absolute Gasteiger partial charge is 0.243 e. The van der Waals surface area contributed by atoms with Crippen LogP contribution in [0.2, 0.25) is 0 Å². The minimum Gasteiger partial charge on any atom is -0.350 e. The standard InChI is InChI=1S/C18H25N3O3S2/c1-4-21(5-2)26(23,24)16-9-6-15(7-10-16)8-11-17(22)19-12-18-20-14(3)13-25-18/h6-7,9-10,13H,4-5,8,11-12H2,1-3H3,(H,19,22). The van der Waals surface area contributed by atoms with E-state index >= 15 is 0 Å². The first-order chi connectivity index (χ1) is 12.4. The van der Waals surface area contributed by atoms with Crippen LogP contribution in [0.25, 0.3) is 0 Å². The molecule has 26 heavy (non-hydrogen) atoms. The van der Waals surface area contributed by atoms with Crippen LogP contribution >= 0.6 is 11.3 Å². The normalized spacial score (nSPS) is 11.7. The van der Waals surface area contributed by atoms with Gasteiger partial charge in [-0.2, -0.15) is 4.31 Å². The van der Waals surface area contributed by atoms with Crippen LogP contribution in [-0.4, -0.2) is 36.7 Å². The van der Waals surface area contributed by atoms with E-state index in [0.717, 1.165) is 16.3 Å². The number of amides is 1. The Labute approximate surface area is 159 Å². The zero-order valence-electron chi connectivity index (χ0n) is 15.4. The lowest BCUT2D eigenvalue weighted by atomic mass is 10.1. The molecule has 0 aliphatic rings. The van der Waals surface area contributed by atoms with Crippen LogP contribution in [0.3, 0.4) is 0 Å². The van der Waals surface area contributed by atoms with Gasteiger partial charge in [0.15, 0.2) is 0 Å². The van der Waals surface area contributed by atoms with E-state index < -0.39 is 10.0 Å². The highest BCUT2D eigenvalue weighted by Gasteiger charge is 2.21. The van der Waals surface area contributed by atoms with Crippen LogP contribution in [0, 0.1) is 6.92 Å². The third-order valence-electron chi connectivity index (χ3n) is 4.01. The molecule has 0 unspecified atom stereocenters. The number of carbonyl (C=O) groups is 1. The highest BCUT2D eigenvalue weighted by atomic mass is 32.2. The number of rotatable bonds is 9. The molecule has 0 saturated carbocycles. The zero-order valence-corrected chi connectivity index (χ0v) is 17.0. The fraction of sp³-hybridized carbons (Fsp3) is 0.444. The van der Waals surface area contributed by atoms with Crippen LogP contribution in [-0.2, 0) is 27.8 Å². The van der Waals surface area contributed by atoms with Gasteiger partial charge in [-0.15, -0.1) is 11.3 Å². The fourth-order valence-corrected chi connectivity index (χ4v) is 4.71. The fourth-order valence-electron chi connectivity index (χ4n) is 2.55. The highest BCUT2D eigenvalue weighted by Crippen LogP contribution is 2.17. The second-order valence-corrected chi connectivity index (χ2v) is 8.77. The van der Waals surface area contributed by atoms with Crippen molar-refractivity contribution in [1.29, 1.82) is 0 Å². The van der Waals surface area contributed by atoms with Gasteiger partial charge in [-0.05, 0) is 31.0 Å². The number of aromatic nitrogens is 1. The molecule has 1 heterocycles. The molecule has 2 aromatic rings. The van der Waals surface area contributed by atoms with E-state index in [1.165, 1.54) is 15.6 Å². The Kier molecular flexibility index (Phi) is 7.31. The van der Waals surface area contributed by atoms with E-state index in [1.807, 2.05) is 26.2 Å². The third-order valence-corrected chi connectivity index (χ3v) is 7.04. The van der Waals surface area contributed by atoms with Crippen LogP contribution < -0.4 is 5.32 Å². The summed E-state index contributed by atoms with van der Waals surface area (Å²) in [4.78, 5) is 16.5. The van der Waals surface area contributed by atoms with Crippen molar-refractivity contribution in [3.63, 3.8) is 0 Å². The molecular formula is C18H25N3O3S2. The Hall–Kier alpha value is -1.77. The molecule has 1 amide bonds. The Morgan fingerprint density at radius 1 is 1.19 bits per heavy atom. The molecule has 0 aliphatic heterocycles. The van der Waals surface area contributed by atoms with Gasteiger partial charge in [0.1, 0.15) is 5.01 Å². The van der Waals surface area contributed by atoms with Gasteiger partial charge < -0.3 is 5.32 Å². The molecule has 0 aliphatic carbocycles. The lowest BCUT2D eigenvalue weighted by Crippen LogP contribution is -2.30. The number of thiazole rings is 1. The molecule has 0 spiro atoms. The molecule has 0 bridgehead atoms. The molecule has 1 N–H and O–H groups in total.